The Bertz CT molecular complexity index is 620. The first-order valence-electron chi connectivity index (χ1n) is 7.24. The van der Waals surface area contributed by atoms with Gasteiger partial charge in [-0.05, 0) is 12.1 Å². The summed E-state index contributed by atoms with van der Waals surface area (Å²) in [6.45, 7) is 4.91. The molecule has 1 aliphatic rings. The van der Waals surface area contributed by atoms with E-state index in [0.29, 0.717) is 38.0 Å². The lowest BCUT2D eigenvalue weighted by molar-refractivity contribution is -0.0380. The number of rotatable bonds is 5. The Hall–Kier alpha value is -1.99. The minimum absolute atomic E-state index is 0.195. The van der Waals surface area contributed by atoms with Crippen molar-refractivity contribution in [3.63, 3.8) is 0 Å². The fourth-order valence-corrected chi connectivity index (χ4v) is 2.35. The average Bonchev–Trinajstić information content (AvgIpc) is 2.96. The summed E-state index contributed by atoms with van der Waals surface area (Å²) >= 11 is 0. The SMILES string of the molecule is Cc1nc([C@@H]2CN(CCOc3ccccc3F)CCO2)no1. The van der Waals surface area contributed by atoms with Crippen LogP contribution in [-0.4, -0.2) is 47.9 Å². The van der Waals surface area contributed by atoms with Gasteiger partial charge in [0.25, 0.3) is 0 Å². The van der Waals surface area contributed by atoms with Crippen LogP contribution in [0.15, 0.2) is 28.8 Å². The molecule has 0 radical (unpaired) electrons. The third-order valence-corrected chi connectivity index (χ3v) is 3.48. The summed E-state index contributed by atoms with van der Waals surface area (Å²) in [6, 6.07) is 6.40. The standard InChI is InChI=1S/C15H18FN3O3/c1-11-17-15(18-22-11)14-10-19(7-9-21-14)6-8-20-13-5-3-2-4-12(13)16/h2-5,14H,6-10H2,1H3/t14-/m0/s1. The van der Waals surface area contributed by atoms with Crippen LogP contribution in [0.2, 0.25) is 0 Å². The fourth-order valence-electron chi connectivity index (χ4n) is 2.35. The second kappa shape index (κ2) is 6.85. The van der Waals surface area contributed by atoms with Gasteiger partial charge in [-0.1, -0.05) is 17.3 Å². The van der Waals surface area contributed by atoms with E-state index >= 15 is 0 Å². The molecule has 1 aromatic carbocycles. The van der Waals surface area contributed by atoms with Crippen molar-refractivity contribution in [1.82, 2.24) is 15.0 Å². The van der Waals surface area contributed by atoms with E-state index in [9.17, 15) is 4.39 Å². The molecule has 0 N–H and O–H groups in total. The summed E-state index contributed by atoms with van der Waals surface area (Å²) in [5, 5.41) is 3.89. The van der Waals surface area contributed by atoms with Gasteiger partial charge in [0, 0.05) is 26.6 Å². The number of halogens is 1. The van der Waals surface area contributed by atoms with Crippen molar-refractivity contribution in [3.05, 3.63) is 41.8 Å². The van der Waals surface area contributed by atoms with E-state index in [1.807, 2.05) is 0 Å². The molecule has 3 rings (SSSR count). The molecule has 1 atom stereocenters. The summed E-state index contributed by atoms with van der Waals surface area (Å²) in [4.78, 5) is 6.38. The predicted octanol–water partition coefficient (Wildman–Crippen LogP) is 1.97. The van der Waals surface area contributed by atoms with Gasteiger partial charge in [0.05, 0.1) is 6.61 Å². The molecule has 0 unspecified atom stereocenters. The molecule has 6 nitrogen and oxygen atoms in total. The topological polar surface area (TPSA) is 60.6 Å². The zero-order chi connectivity index (χ0) is 15.4. The van der Waals surface area contributed by atoms with E-state index in [2.05, 4.69) is 15.0 Å². The second-order valence-electron chi connectivity index (χ2n) is 5.11. The Morgan fingerprint density at radius 3 is 3.05 bits per heavy atom. The normalized spacial score (nSPS) is 19.3. The zero-order valence-electron chi connectivity index (χ0n) is 12.4. The molecule has 0 spiro atoms. The summed E-state index contributed by atoms with van der Waals surface area (Å²) in [5.74, 6) is 1.03. The van der Waals surface area contributed by atoms with Crippen LogP contribution in [0.1, 0.15) is 17.8 Å². The van der Waals surface area contributed by atoms with Gasteiger partial charge in [0.15, 0.2) is 11.6 Å². The Morgan fingerprint density at radius 1 is 1.41 bits per heavy atom. The lowest BCUT2D eigenvalue weighted by atomic mass is 10.2. The maximum Gasteiger partial charge on any atom is 0.223 e. The molecule has 0 saturated carbocycles. The van der Waals surface area contributed by atoms with Crippen LogP contribution in [0.5, 0.6) is 5.75 Å². The first kappa shape index (κ1) is 14.9. The van der Waals surface area contributed by atoms with Crippen molar-refractivity contribution in [2.45, 2.75) is 13.0 Å². The molecule has 2 heterocycles. The van der Waals surface area contributed by atoms with Crippen molar-refractivity contribution in [2.75, 3.05) is 32.8 Å². The largest absolute Gasteiger partial charge is 0.489 e. The molecule has 0 aliphatic carbocycles. The van der Waals surface area contributed by atoms with E-state index in [4.69, 9.17) is 14.0 Å². The summed E-state index contributed by atoms with van der Waals surface area (Å²) in [5.41, 5.74) is 0. The maximum atomic E-state index is 13.5. The highest BCUT2D eigenvalue weighted by Gasteiger charge is 2.25. The third-order valence-electron chi connectivity index (χ3n) is 3.48. The van der Waals surface area contributed by atoms with Crippen LogP contribution in [0.3, 0.4) is 0 Å². The van der Waals surface area contributed by atoms with Gasteiger partial charge in [0.1, 0.15) is 12.7 Å². The van der Waals surface area contributed by atoms with E-state index in [1.165, 1.54) is 6.07 Å². The minimum atomic E-state index is -0.343. The molecule has 1 saturated heterocycles. The number of hydrogen-bond acceptors (Lipinski definition) is 6. The van der Waals surface area contributed by atoms with Crippen molar-refractivity contribution >= 4 is 0 Å². The quantitative estimate of drug-likeness (QED) is 0.841. The van der Waals surface area contributed by atoms with Gasteiger partial charge in [-0.25, -0.2) is 4.39 Å². The zero-order valence-corrected chi connectivity index (χ0v) is 12.4. The van der Waals surface area contributed by atoms with Crippen LogP contribution in [0.4, 0.5) is 4.39 Å². The number of para-hydroxylation sites is 1. The highest BCUT2D eigenvalue weighted by atomic mass is 19.1. The fraction of sp³-hybridized carbons (Fsp3) is 0.467. The lowest BCUT2D eigenvalue weighted by Gasteiger charge is -2.31. The van der Waals surface area contributed by atoms with E-state index in [1.54, 1.807) is 25.1 Å². The molecular formula is C15H18FN3O3. The second-order valence-corrected chi connectivity index (χ2v) is 5.11. The number of ether oxygens (including phenoxy) is 2. The molecule has 1 fully saturated rings. The number of hydrogen-bond donors (Lipinski definition) is 0. The Balaban J connectivity index is 1.49. The average molecular weight is 307 g/mol. The van der Waals surface area contributed by atoms with Gasteiger partial charge >= 0.3 is 0 Å². The number of aromatic nitrogens is 2. The first-order chi connectivity index (χ1) is 10.7. The molecule has 7 heteroatoms. The molecule has 0 bridgehead atoms. The summed E-state index contributed by atoms with van der Waals surface area (Å²) in [6.07, 6.45) is -0.195. The van der Waals surface area contributed by atoms with Gasteiger partial charge in [-0.2, -0.15) is 4.98 Å². The van der Waals surface area contributed by atoms with Gasteiger partial charge in [-0.3, -0.25) is 4.90 Å². The molecule has 0 amide bonds. The molecule has 1 aliphatic heterocycles. The highest BCUT2D eigenvalue weighted by molar-refractivity contribution is 5.23. The number of benzene rings is 1. The van der Waals surface area contributed by atoms with Crippen LogP contribution in [0, 0.1) is 12.7 Å². The highest BCUT2D eigenvalue weighted by Crippen LogP contribution is 2.20. The smallest absolute Gasteiger partial charge is 0.223 e. The predicted molar refractivity (Wildman–Crippen MR) is 76.1 cm³/mol. The molecule has 1 aromatic heterocycles. The van der Waals surface area contributed by atoms with Crippen LogP contribution < -0.4 is 4.74 Å². The van der Waals surface area contributed by atoms with Gasteiger partial charge < -0.3 is 14.0 Å². The first-order valence-corrected chi connectivity index (χ1v) is 7.24. The van der Waals surface area contributed by atoms with Gasteiger partial charge in [0.2, 0.25) is 11.7 Å². The van der Waals surface area contributed by atoms with E-state index in [0.717, 1.165) is 6.54 Å². The van der Waals surface area contributed by atoms with Crippen molar-refractivity contribution < 1.29 is 18.4 Å². The molecule has 118 valence electrons. The Kier molecular flexibility index (Phi) is 4.65. The monoisotopic (exact) mass is 307 g/mol. The van der Waals surface area contributed by atoms with Crippen molar-refractivity contribution in [3.8, 4) is 5.75 Å². The van der Waals surface area contributed by atoms with E-state index < -0.39 is 0 Å². The number of morpholine rings is 1. The van der Waals surface area contributed by atoms with Crippen LogP contribution >= 0.6 is 0 Å². The maximum absolute atomic E-state index is 13.5. The molecule has 2 aromatic rings. The van der Waals surface area contributed by atoms with Crippen molar-refractivity contribution in [1.29, 1.82) is 0 Å². The van der Waals surface area contributed by atoms with Crippen LogP contribution in [-0.2, 0) is 4.74 Å². The lowest BCUT2D eigenvalue weighted by Crippen LogP contribution is -2.40. The molecular weight excluding hydrogens is 289 g/mol. The molecule has 22 heavy (non-hydrogen) atoms. The minimum Gasteiger partial charge on any atom is -0.489 e. The number of aryl methyl sites for hydroxylation is 1. The van der Waals surface area contributed by atoms with Crippen LogP contribution in [0.25, 0.3) is 0 Å². The third kappa shape index (κ3) is 3.61. The van der Waals surface area contributed by atoms with E-state index in [-0.39, 0.29) is 17.7 Å². The summed E-state index contributed by atoms with van der Waals surface area (Å²) in [7, 11) is 0. The van der Waals surface area contributed by atoms with Gasteiger partial charge in [-0.15, -0.1) is 0 Å². The number of nitrogens with zero attached hydrogens (tertiary/aromatic N) is 3. The Morgan fingerprint density at radius 2 is 2.27 bits per heavy atom. The summed E-state index contributed by atoms with van der Waals surface area (Å²) < 4.78 is 29.6. The Labute approximate surface area is 127 Å². The van der Waals surface area contributed by atoms with Crippen molar-refractivity contribution in [2.24, 2.45) is 0 Å².